The first-order chi connectivity index (χ1) is 10.1. The number of benzene rings is 1. The minimum absolute atomic E-state index is 0.0981. The Hall–Kier alpha value is -2.41. The van der Waals surface area contributed by atoms with E-state index in [9.17, 15) is 10.1 Å². The zero-order valence-corrected chi connectivity index (χ0v) is 11.7. The number of nitrogens with zero attached hydrogens (tertiary/aromatic N) is 4. The van der Waals surface area contributed by atoms with Gasteiger partial charge in [-0.15, -0.1) is 0 Å². The molecule has 0 radical (unpaired) electrons. The molecule has 0 amide bonds. The molecule has 0 atom stereocenters. The lowest BCUT2D eigenvalue weighted by atomic mass is 10.1. The predicted molar refractivity (Wildman–Crippen MR) is 77.1 cm³/mol. The van der Waals surface area contributed by atoms with Crippen molar-refractivity contribution >= 4 is 11.5 Å². The van der Waals surface area contributed by atoms with Gasteiger partial charge < -0.3 is 19.8 Å². The number of nitro groups is 1. The van der Waals surface area contributed by atoms with E-state index in [1.54, 1.807) is 13.2 Å². The topological polar surface area (TPSA) is 73.4 Å². The highest BCUT2D eigenvalue weighted by Crippen LogP contribution is 2.30. The van der Waals surface area contributed by atoms with E-state index in [1.165, 1.54) is 4.68 Å². The number of hydrogen-bond donors (Lipinski definition) is 0. The SMILES string of the molecule is Cn1cc(N2CC(OCc3ccccc3)C2)c([N+](=O)[O-])n1. The van der Waals surface area contributed by atoms with E-state index >= 15 is 0 Å². The van der Waals surface area contributed by atoms with Gasteiger partial charge in [0.15, 0.2) is 5.69 Å². The Bertz CT molecular complexity index is 635. The molecule has 0 bridgehead atoms. The number of hydrogen-bond acceptors (Lipinski definition) is 5. The molecular formula is C14H16N4O3. The molecule has 21 heavy (non-hydrogen) atoms. The zero-order chi connectivity index (χ0) is 14.8. The first-order valence-electron chi connectivity index (χ1n) is 6.72. The highest BCUT2D eigenvalue weighted by Gasteiger charge is 2.34. The van der Waals surface area contributed by atoms with Crippen molar-refractivity contribution in [2.75, 3.05) is 18.0 Å². The minimum Gasteiger partial charge on any atom is -0.370 e. The average molecular weight is 288 g/mol. The van der Waals surface area contributed by atoms with Crippen LogP contribution in [0.4, 0.5) is 11.5 Å². The predicted octanol–water partition coefficient (Wildman–Crippen LogP) is 1.73. The Labute approximate surface area is 121 Å². The van der Waals surface area contributed by atoms with Crippen LogP contribution in [0.15, 0.2) is 36.5 Å². The summed E-state index contributed by atoms with van der Waals surface area (Å²) in [6.07, 6.45) is 1.77. The Morgan fingerprint density at radius 3 is 2.76 bits per heavy atom. The smallest absolute Gasteiger partial charge is 0.370 e. The van der Waals surface area contributed by atoms with E-state index in [4.69, 9.17) is 4.74 Å². The van der Waals surface area contributed by atoms with Gasteiger partial charge in [-0.1, -0.05) is 30.3 Å². The molecule has 0 aliphatic carbocycles. The van der Waals surface area contributed by atoms with Crippen LogP contribution in [0.25, 0.3) is 0 Å². The van der Waals surface area contributed by atoms with Crippen molar-refractivity contribution in [2.24, 2.45) is 7.05 Å². The van der Waals surface area contributed by atoms with Crippen molar-refractivity contribution < 1.29 is 9.66 Å². The Kier molecular flexibility index (Phi) is 3.57. The highest BCUT2D eigenvalue weighted by molar-refractivity contribution is 5.60. The quantitative estimate of drug-likeness (QED) is 0.619. The standard InChI is InChI=1S/C14H16N4O3/c1-16-9-13(14(15-16)18(19)20)17-7-12(8-17)21-10-11-5-3-2-4-6-11/h2-6,9,12H,7-8,10H2,1H3. The van der Waals surface area contributed by atoms with Crippen molar-refractivity contribution in [2.45, 2.75) is 12.7 Å². The van der Waals surface area contributed by atoms with Gasteiger partial charge in [-0.05, 0) is 10.5 Å². The fraction of sp³-hybridized carbons (Fsp3) is 0.357. The first kappa shape index (κ1) is 13.6. The van der Waals surface area contributed by atoms with Crippen LogP contribution < -0.4 is 4.90 Å². The van der Waals surface area contributed by atoms with Gasteiger partial charge in [0.25, 0.3) is 0 Å². The fourth-order valence-corrected chi connectivity index (χ4v) is 2.35. The highest BCUT2D eigenvalue weighted by atomic mass is 16.6. The summed E-state index contributed by atoms with van der Waals surface area (Å²) in [6.45, 7) is 1.87. The number of anilines is 1. The molecule has 0 N–H and O–H groups in total. The number of ether oxygens (including phenoxy) is 1. The third-order valence-corrected chi connectivity index (χ3v) is 3.48. The van der Waals surface area contributed by atoms with Crippen LogP contribution >= 0.6 is 0 Å². The van der Waals surface area contributed by atoms with Gasteiger partial charge in [0, 0.05) is 13.1 Å². The van der Waals surface area contributed by atoms with Crippen LogP contribution in [0.2, 0.25) is 0 Å². The van der Waals surface area contributed by atoms with E-state index < -0.39 is 4.92 Å². The summed E-state index contributed by atoms with van der Waals surface area (Å²) in [7, 11) is 1.68. The lowest BCUT2D eigenvalue weighted by molar-refractivity contribution is -0.389. The van der Waals surface area contributed by atoms with E-state index in [2.05, 4.69) is 5.10 Å². The van der Waals surface area contributed by atoms with E-state index in [0.717, 1.165) is 5.56 Å². The van der Waals surface area contributed by atoms with Crippen LogP contribution in [0.3, 0.4) is 0 Å². The summed E-state index contributed by atoms with van der Waals surface area (Å²) < 4.78 is 7.25. The maximum atomic E-state index is 10.9. The summed E-state index contributed by atoms with van der Waals surface area (Å²) in [5.41, 5.74) is 1.69. The van der Waals surface area contributed by atoms with E-state index in [-0.39, 0.29) is 11.9 Å². The second-order valence-electron chi connectivity index (χ2n) is 5.09. The molecule has 2 heterocycles. The summed E-state index contributed by atoms with van der Waals surface area (Å²) in [4.78, 5) is 12.4. The molecule has 1 saturated heterocycles. The zero-order valence-electron chi connectivity index (χ0n) is 11.7. The van der Waals surface area contributed by atoms with Crippen LogP contribution in [-0.2, 0) is 18.4 Å². The Morgan fingerprint density at radius 2 is 2.10 bits per heavy atom. The maximum absolute atomic E-state index is 10.9. The molecule has 7 nitrogen and oxygen atoms in total. The van der Waals surface area contributed by atoms with Crippen molar-refractivity contribution in [3.05, 3.63) is 52.2 Å². The van der Waals surface area contributed by atoms with Gasteiger partial charge in [0.05, 0.1) is 31.1 Å². The van der Waals surface area contributed by atoms with E-state index in [1.807, 2.05) is 35.2 Å². The largest absolute Gasteiger partial charge is 0.413 e. The molecule has 2 aromatic rings. The molecular weight excluding hydrogens is 272 g/mol. The Balaban J connectivity index is 1.55. The van der Waals surface area contributed by atoms with Crippen LogP contribution in [0.1, 0.15) is 5.56 Å². The lowest BCUT2D eigenvalue weighted by Gasteiger charge is -2.39. The van der Waals surface area contributed by atoms with Gasteiger partial charge in [-0.3, -0.25) is 0 Å². The molecule has 1 fully saturated rings. The molecule has 1 aromatic carbocycles. The molecule has 1 aliphatic rings. The number of rotatable bonds is 5. The van der Waals surface area contributed by atoms with Crippen molar-refractivity contribution in [3.63, 3.8) is 0 Å². The third kappa shape index (κ3) is 2.87. The second-order valence-corrected chi connectivity index (χ2v) is 5.09. The normalized spacial score (nSPS) is 15.0. The van der Waals surface area contributed by atoms with Gasteiger partial charge in [0.1, 0.15) is 0 Å². The molecule has 0 saturated carbocycles. The number of aryl methyl sites for hydroxylation is 1. The molecule has 1 aliphatic heterocycles. The van der Waals surface area contributed by atoms with Gasteiger partial charge >= 0.3 is 5.82 Å². The van der Waals surface area contributed by atoms with Gasteiger partial charge in [-0.2, -0.15) is 4.68 Å². The third-order valence-electron chi connectivity index (χ3n) is 3.48. The molecule has 3 rings (SSSR count). The fourth-order valence-electron chi connectivity index (χ4n) is 2.35. The average Bonchev–Trinajstić information content (AvgIpc) is 2.80. The molecule has 110 valence electrons. The van der Waals surface area contributed by atoms with Crippen molar-refractivity contribution in [3.8, 4) is 0 Å². The van der Waals surface area contributed by atoms with Gasteiger partial charge in [-0.25, -0.2) is 0 Å². The monoisotopic (exact) mass is 288 g/mol. The summed E-state index contributed by atoms with van der Waals surface area (Å²) in [6, 6.07) is 9.95. The minimum atomic E-state index is -0.451. The molecule has 0 unspecified atom stereocenters. The summed E-state index contributed by atoms with van der Waals surface area (Å²) >= 11 is 0. The lowest BCUT2D eigenvalue weighted by Crippen LogP contribution is -2.52. The van der Waals surface area contributed by atoms with Crippen LogP contribution in [0.5, 0.6) is 0 Å². The summed E-state index contributed by atoms with van der Waals surface area (Å²) in [5, 5.41) is 14.8. The van der Waals surface area contributed by atoms with Crippen molar-refractivity contribution in [1.29, 1.82) is 0 Å². The maximum Gasteiger partial charge on any atom is 0.413 e. The van der Waals surface area contributed by atoms with Crippen molar-refractivity contribution in [1.82, 2.24) is 9.78 Å². The van der Waals surface area contributed by atoms with E-state index in [0.29, 0.717) is 25.4 Å². The summed E-state index contributed by atoms with van der Waals surface area (Å²) in [5.74, 6) is -0.0981. The second kappa shape index (κ2) is 5.53. The van der Waals surface area contributed by atoms with Crippen LogP contribution in [0, 0.1) is 10.1 Å². The van der Waals surface area contributed by atoms with Gasteiger partial charge in [0.2, 0.25) is 0 Å². The molecule has 7 heteroatoms. The number of aromatic nitrogens is 2. The Morgan fingerprint density at radius 1 is 1.38 bits per heavy atom. The van der Waals surface area contributed by atoms with Crippen LogP contribution in [-0.4, -0.2) is 33.9 Å². The first-order valence-corrected chi connectivity index (χ1v) is 6.72. The molecule has 0 spiro atoms. The molecule has 1 aromatic heterocycles.